The highest BCUT2D eigenvalue weighted by Gasteiger charge is 2.32. The van der Waals surface area contributed by atoms with Crippen LogP contribution in [0.5, 0.6) is 5.75 Å². The second-order valence-electron chi connectivity index (χ2n) is 4.94. The van der Waals surface area contributed by atoms with Gasteiger partial charge in [-0.3, -0.25) is 4.79 Å². The summed E-state index contributed by atoms with van der Waals surface area (Å²) in [7, 11) is 4.08. The molecule has 0 spiro atoms. The Morgan fingerprint density at radius 2 is 2.11 bits per heavy atom. The molecule has 0 radical (unpaired) electrons. The monoisotopic (exact) mass is 326 g/mol. The summed E-state index contributed by atoms with van der Waals surface area (Å²) >= 11 is 3.42. The van der Waals surface area contributed by atoms with Crippen molar-refractivity contribution < 1.29 is 9.53 Å². The molecule has 4 nitrogen and oxygen atoms in total. The van der Waals surface area contributed by atoms with Crippen molar-refractivity contribution in [2.45, 2.75) is 13.0 Å². The van der Waals surface area contributed by atoms with Crippen molar-refractivity contribution in [2.75, 3.05) is 33.8 Å². The zero-order valence-electron chi connectivity index (χ0n) is 11.5. The van der Waals surface area contributed by atoms with Crippen molar-refractivity contribution in [3.8, 4) is 5.75 Å². The molecule has 0 aliphatic carbocycles. The molecule has 1 fully saturated rings. The second-order valence-corrected chi connectivity index (χ2v) is 5.85. The molecule has 0 atom stereocenters. The van der Waals surface area contributed by atoms with E-state index in [4.69, 9.17) is 4.74 Å². The average molecular weight is 327 g/mol. The third-order valence-corrected chi connectivity index (χ3v) is 3.77. The Kier molecular flexibility index (Phi) is 4.47. The molecule has 0 aromatic heterocycles. The smallest absolute Gasteiger partial charge is 0.254 e. The molecular weight excluding hydrogens is 308 g/mol. The Balaban J connectivity index is 2.07. The number of hydrogen-bond acceptors (Lipinski definition) is 3. The predicted molar refractivity (Wildman–Crippen MR) is 78.7 cm³/mol. The summed E-state index contributed by atoms with van der Waals surface area (Å²) in [6.45, 7) is 4.11. The van der Waals surface area contributed by atoms with E-state index >= 15 is 0 Å². The summed E-state index contributed by atoms with van der Waals surface area (Å²) in [5, 5.41) is 0. The molecule has 1 heterocycles. The van der Waals surface area contributed by atoms with Crippen LogP contribution in [0, 0.1) is 0 Å². The Hall–Kier alpha value is -1.07. The van der Waals surface area contributed by atoms with Crippen LogP contribution in [-0.4, -0.2) is 55.5 Å². The molecule has 1 amide bonds. The molecule has 1 aliphatic heterocycles. The van der Waals surface area contributed by atoms with Crippen molar-refractivity contribution in [3.05, 3.63) is 28.2 Å². The normalized spacial score (nSPS) is 15.5. The first-order valence-corrected chi connectivity index (χ1v) is 7.19. The minimum atomic E-state index is 0.0698. The fraction of sp³-hybridized carbons (Fsp3) is 0.500. The van der Waals surface area contributed by atoms with Crippen LogP contribution < -0.4 is 4.74 Å². The van der Waals surface area contributed by atoms with Gasteiger partial charge in [0.2, 0.25) is 0 Å². The summed E-state index contributed by atoms with van der Waals surface area (Å²) in [5.74, 6) is 0.797. The minimum absolute atomic E-state index is 0.0698. The summed E-state index contributed by atoms with van der Waals surface area (Å²) in [4.78, 5) is 16.3. The lowest BCUT2D eigenvalue weighted by Gasteiger charge is -2.42. The van der Waals surface area contributed by atoms with E-state index in [0.29, 0.717) is 18.2 Å². The Labute approximate surface area is 122 Å². The van der Waals surface area contributed by atoms with E-state index < -0.39 is 0 Å². The number of hydrogen-bond donors (Lipinski definition) is 0. The maximum Gasteiger partial charge on any atom is 0.254 e. The zero-order valence-corrected chi connectivity index (χ0v) is 13.1. The van der Waals surface area contributed by atoms with E-state index in [1.54, 1.807) is 6.07 Å². The molecule has 19 heavy (non-hydrogen) atoms. The molecular formula is C14H19BrN2O2. The lowest BCUT2D eigenvalue weighted by molar-refractivity contribution is 0.0399. The predicted octanol–water partition coefficient (Wildman–Crippen LogP) is 2.23. The van der Waals surface area contributed by atoms with Crippen LogP contribution in [0.1, 0.15) is 17.3 Å². The number of ether oxygens (including phenoxy) is 1. The quantitative estimate of drug-likeness (QED) is 0.850. The number of likely N-dealkylation sites (N-methyl/N-ethyl adjacent to an activating group) is 1. The fourth-order valence-electron chi connectivity index (χ4n) is 2.07. The van der Waals surface area contributed by atoms with Gasteiger partial charge in [0.25, 0.3) is 5.91 Å². The molecule has 0 bridgehead atoms. The highest BCUT2D eigenvalue weighted by Crippen LogP contribution is 2.24. The number of amides is 1. The van der Waals surface area contributed by atoms with Gasteiger partial charge in [-0.2, -0.15) is 0 Å². The highest BCUT2D eigenvalue weighted by molar-refractivity contribution is 9.10. The molecule has 1 aliphatic rings. The van der Waals surface area contributed by atoms with Gasteiger partial charge in [0.15, 0.2) is 0 Å². The summed E-state index contributed by atoms with van der Waals surface area (Å²) in [5.41, 5.74) is 0.676. The van der Waals surface area contributed by atoms with Crippen molar-refractivity contribution in [3.63, 3.8) is 0 Å². The van der Waals surface area contributed by atoms with Gasteiger partial charge in [-0.25, -0.2) is 0 Å². The van der Waals surface area contributed by atoms with Crippen LogP contribution in [0.2, 0.25) is 0 Å². The number of likely N-dealkylation sites (tertiary alicyclic amines) is 1. The van der Waals surface area contributed by atoms with Crippen LogP contribution >= 0.6 is 15.9 Å². The molecule has 0 saturated carbocycles. The molecule has 2 rings (SSSR count). The third-order valence-electron chi connectivity index (χ3n) is 3.31. The average Bonchev–Trinajstić information content (AvgIpc) is 2.25. The first-order valence-electron chi connectivity index (χ1n) is 6.40. The molecule has 104 valence electrons. The number of rotatable bonds is 4. The van der Waals surface area contributed by atoms with Crippen LogP contribution in [-0.2, 0) is 0 Å². The fourth-order valence-corrected chi connectivity index (χ4v) is 2.54. The number of benzene rings is 1. The highest BCUT2D eigenvalue weighted by atomic mass is 79.9. The van der Waals surface area contributed by atoms with Crippen molar-refractivity contribution in [2.24, 2.45) is 0 Å². The number of carbonyl (C=O) groups is 1. The van der Waals surface area contributed by atoms with Crippen LogP contribution in [0.15, 0.2) is 22.7 Å². The molecule has 0 N–H and O–H groups in total. The SMILES string of the molecule is CCOc1cc(Br)cc(C(=O)N2CC(N(C)C)C2)c1. The molecule has 0 unspecified atom stereocenters. The number of halogens is 1. The number of nitrogens with zero attached hydrogens (tertiary/aromatic N) is 2. The summed E-state index contributed by atoms with van der Waals surface area (Å²) in [6.07, 6.45) is 0. The van der Waals surface area contributed by atoms with Gasteiger partial charge in [-0.05, 0) is 39.2 Å². The summed E-state index contributed by atoms with van der Waals surface area (Å²) in [6, 6.07) is 5.99. The van der Waals surface area contributed by atoms with Gasteiger partial charge in [0.05, 0.1) is 6.61 Å². The zero-order chi connectivity index (χ0) is 14.0. The van der Waals surface area contributed by atoms with E-state index in [-0.39, 0.29) is 5.91 Å². The van der Waals surface area contributed by atoms with E-state index in [9.17, 15) is 4.79 Å². The lowest BCUT2D eigenvalue weighted by Crippen LogP contribution is -2.59. The van der Waals surface area contributed by atoms with Crippen LogP contribution in [0.4, 0.5) is 0 Å². The Morgan fingerprint density at radius 3 is 2.68 bits per heavy atom. The molecule has 1 saturated heterocycles. The lowest BCUT2D eigenvalue weighted by atomic mass is 10.1. The van der Waals surface area contributed by atoms with Crippen molar-refractivity contribution in [1.82, 2.24) is 9.80 Å². The van der Waals surface area contributed by atoms with Gasteiger partial charge >= 0.3 is 0 Å². The summed E-state index contributed by atoms with van der Waals surface area (Å²) < 4.78 is 6.33. The topological polar surface area (TPSA) is 32.8 Å². The van der Waals surface area contributed by atoms with Gasteiger partial charge in [0, 0.05) is 29.2 Å². The van der Waals surface area contributed by atoms with Crippen LogP contribution in [0.3, 0.4) is 0 Å². The van der Waals surface area contributed by atoms with Gasteiger partial charge in [0.1, 0.15) is 5.75 Å². The van der Waals surface area contributed by atoms with Gasteiger partial charge < -0.3 is 14.5 Å². The standard InChI is InChI=1S/C14H19BrN2O2/c1-4-19-13-6-10(5-11(15)7-13)14(18)17-8-12(9-17)16(2)3/h5-7,12H,4,8-9H2,1-3H3. The first kappa shape index (κ1) is 14.3. The van der Waals surface area contributed by atoms with Gasteiger partial charge in [-0.1, -0.05) is 15.9 Å². The minimum Gasteiger partial charge on any atom is -0.494 e. The second kappa shape index (κ2) is 5.92. The van der Waals surface area contributed by atoms with Crippen LogP contribution in [0.25, 0.3) is 0 Å². The van der Waals surface area contributed by atoms with E-state index in [2.05, 4.69) is 20.8 Å². The van der Waals surface area contributed by atoms with E-state index in [1.807, 2.05) is 38.1 Å². The number of carbonyl (C=O) groups excluding carboxylic acids is 1. The Bertz CT molecular complexity index is 471. The Morgan fingerprint density at radius 1 is 1.42 bits per heavy atom. The third kappa shape index (κ3) is 3.28. The molecule has 1 aromatic carbocycles. The first-order chi connectivity index (χ1) is 9.01. The maximum atomic E-state index is 12.3. The molecule has 1 aromatic rings. The van der Waals surface area contributed by atoms with E-state index in [1.165, 1.54) is 0 Å². The molecule has 5 heteroatoms. The van der Waals surface area contributed by atoms with Crippen molar-refractivity contribution >= 4 is 21.8 Å². The van der Waals surface area contributed by atoms with Crippen molar-refractivity contribution in [1.29, 1.82) is 0 Å². The van der Waals surface area contributed by atoms with Gasteiger partial charge in [-0.15, -0.1) is 0 Å². The maximum absolute atomic E-state index is 12.3. The van der Waals surface area contributed by atoms with E-state index in [0.717, 1.165) is 23.3 Å². The largest absolute Gasteiger partial charge is 0.494 e.